The fourth-order valence-electron chi connectivity index (χ4n) is 8.31. The molecule has 1 aliphatic carbocycles. The number of hydrogen-bond donors (Lipinski definition) is 12. The molecule has 0 spiro atoms. The van der Waals surface area contributed by atoms with Crippen molar-refractivity contribution in [2.45, 2.75) is 137 Å². The van der Waals surface area contributed by atoms with Gasteiger partial charge in [-0.25, -0.2) is 14.4 Å². The lowest BCUT2D eigenvalue weighted by atomic mass is 9.81. The Labute approximate surface area is 426 Å². The van der Waals surface area contributed by atoms with Gasteiger partial charge in [-0.2, -0.15) is 13.2 Å². The van der Waals surface area contributed by atoms with Crippen molar-refractivity contribution in [1.29, 1.82) is 0 Å². The molecular weight excluding hydrogens is 1010 g/mol. The molecule has 2 saturated heterocycles. The van der Waals surface area contributed by atoms with Crippen molar-refractivity contribution < 1.29 is 101 Å². The van der Waals surface area contributed by atoms with Crippen molar-refractivity contribution in [3.63, 3.8) is 0 Å². The third-order valence-electron chi connectivity index (χ3n) is 12.4. The predicted octanol–water partition coefficient (Wildman–Crippen LogP) is -0.806. The monoisotopic (exact) mass is 1070 g/mol. The quantitative estimate of drug-likeness (QED) is 0.0616. The molecule has 6 rings (SSSR count). The first-order valence-electron chi connectivity index (χ1n) is 23.8. The number of rotatable bonds is 20. The van der Waals surface area contributed by atoms with Crippen molar-refractivity contribution >= 4 is 30.1 Å². The topological polar surface area (TPSA) is 358 Å². The van der Waals surface area contributed by atoms with Crippen LogP contribution in [0.4, 0.5) is 27.6 Å². The van der Waals surface area contributed by atoms with Crippen LogP contribution in [0.25, 0.3) is 0 Å². The van der Waals surface area contributed by atoms with E-state index in [4.69, 9.17) is 38.9 Å². The van der Waals surface area contributed by atoms with E-state index < -0.39 is 141 Å². The molecule has 0 radical (unpaired) electrons. The van der Waals surface area contributed by atoms with Crippen molar-refractivity contribution in [2.75, 3.05) is 19.7 Å². The Morgan fingerprint density at radius 1 is 0.640 bits per heavy atom. The van der Waals surface area contributed by atoms with Gasteiger partial charge in [0.1, 0.15) is 62.5 Å². The number of halogens is 3. The Morgan fingerprint density at radius 3 is 1.72 bits per heavy atom. The van der Waals surface area contributed by atoms with E-state index in [0.29, 0.717) is 16.7 Å². The van der Waals surface area contributed by atoms with Crippen LogP contribution in [0, 0.1) is 0 Å². The molecule has 5 amide bonds. The van der Waals surface area contributed by atoms with Crippen LogP contribution >= 0.6 is 0 Å². The molecule has 2 aliphatic heterocycles. The molecular formula is C48H61F3N6O18. The van der Waals surface area contributed by atoms with E-state index in [-0.39, 0.29) is 45.8 Å². The molecule has 412 valence electrons. The highest BCUT2D eigenvalue weighted by atomic mass is 19.4. The fraction of sp³-hybridized carbons (Fsp3) is 0.521. The van der Waals surface area contributed by atoms with Crippen LogP contribution in [-0.2, 0) is 62.6 Å². The van der Waals surface area contributed by atoms with E-state index in [9.17, 15) is 67.8 Å². The number of aliphatic hydroxyl groups is 6. The molecule has 7 unspecified atom stereocenters. The summed E-state index contributed by atoms with van der Waals surface area (Å²) in [6.07, 6.45) is -29.7. The average Bonchev–Trinajstić information content (AvgIpc) is 3.40. The Balaban J connectivity index is 1.21. The zero-order valence-electron chi connectivity index (χ0n) is 40.0. The number of aliphatic hydroxyl groups excluding tert-OH is 6. The fourth-order valence-corrected chi connectivity index (χ4v) is 8.31. The van der Waals surface area contributed by atoms with Crippen LogP contribution in [0.1, 0.15) is 36.0 Å². The Kier molecular flexibility index (Phi) is 21.3. The second-order valence-corrected chi connectivity index (χ2v) is 17.7. The second kappa shape index (κ2) is 27.5. The number of alkyl halides is 3. The summed E-state index contributed by atoms with van der Waals surface area (Å²) in [5, 5.41) is 78.2. The molecule has 3 aromatic rings. The molecule has 2 heterocycles. The first-order chi connectivity index (χ1) is 35.8. The third kappa shape index (κ3) is 16.6. The second-order valence-electron chi connectivity index (χ2n) is 17.7. The smallest absolute Gasteiger partial charge is 0.445 e. The molecule has 3 aliphatic rings. The zero-order valence-corrected chi connectivity index (χ0v) is 40.0. The maximum atomic E-state index is 13.6. The molecule has 13 N–H and O–H groups in total. The molecule has 3 fully saturated rings. The molecule has 0 aromatic heterocycles. The van der Waals surface area contributed by atoms with Gasteiger partial charge in [-0.05, 0) is 36.0 Å². The minimum Gasteiger partial charge on any atom is -0.445 e. The zero-order chi connectivity index (χ0) is 54.2. The van der Waals surface area contributed by atoms with Crippen LogP contribution in [0.2, 0.25) is 0 Å². The number of amides is 5. The van der Waals surface area contributed by atoms with Crippen molar-refractivity contribution in [2.24, 2.45) is 5.73 Å². The van der Waals surface area contributed by atoms with Crippen molar-refractivity contribution in [3.8, 4) is 0 Å². The van der Waals surface area contributed by atoms with E-state index in [0.717, 1.165) is 0 Å². The molecule has 3 aromatic carbocycles. The number of carbonyl (C=O) groups excluding carboxylic acids is 5. The molecule has 1 saturated carbocycles. The van der Waals surface area contributed by atoms with Gasteiger partial charge in [0.25, 0.3) is 0 Å². The van der Waals surface area contributed by atoms with Gasteiger partial charge in [0, 0.05) is 13.1 Å². The number of carbonyl (C=O) groups is 5. The SMILES string of the molecule is N[C@@H]1C(O[C@H]2OC(CNC(=O)OCc3ccccc3)CCC2NC(=O)OCc2ccccc2)C(O)[C@@H](O[C@H]2OC(CO)[C@@H](O)[C@H](NC(=O)C(F)(F)F)C2O)[C@H](NC(=O)[C@@H](O)CCNC(=O)OCc2ccccc2)C1O. The molecule has 24 nitrogen and oxygen atoms in total. The Bertz CT molecular complexity index is 2300. The maximum absolute atomic E-state index is 13.6. The summed E-state index contributed by atoms with van der Waals surface area (Å²) in [4.78, 5) is 63.8. The summed E-state index contributed by atoms with van der Waals surface area (Å²) >= 11 is 0. The van der Waals surface area contributed by atoms with Gasteiger partial charge >= 0.3 is 30.4 Å². The highest BCUT2D eigenvalue weighted by Crippen LogP contribution is 2.33. The lowest BCUT2D eigenvalue weighted by molar-refractivity contribution is -0.321. The minimum absolute atomic E-state index is 0.0549. The first kappa shape index (κ1) is 58.0. The number of nitrogens with one attached hydrogen (secondary N) is 5. The lowest BCUT2D eigenvalue weighted by Gasteiger charge is -2.50. The maximum Gasteiger partial charge on any atom is 0.471 e. The summed E-state index contributed by atoms with van der Waals surface area (Å²) in [5.41, 5.74) is 8.56. The van der Waals surface area contributed by atoms with Crippen LogP contribution in [-0.4, -0.2) is 178 Å². The van der Waals surface area contributed by atoms with Crippen LogP contribution < -0.4 is 32.3 Å². The predicted molar refractivity (Wildman–Crippen MR) is 249 cm³/mol. The summed E-state index contributed by atoms with van der Waals surface area (Å²) < 4.78 is 79.9. The Hall–Kier alpha value is -6.24. The van der Waals surface area contributed by atoms with Gasteiger partial charge in [0.2, 0.25) is 5.91 Å². The van der Waals surface area contributed by atoms with Crippen LogP contribution in [0.3, 0.4) is 0 Å². The Morgan fingerprint density at radius 2 is 1.17 bits per heavy atom. The summed E-state index contributed by atoms with van der Waals surface area (Å²) in [7, 11) is 0. The molecule has 0 bridgehead atoms. The van der Waals surface area contributed by atoms with Crippen molar-refractivity contribution in [3.05, 3.63) is 108 Å². The number of ether oxygens (including phenoxy) is 7. The number of hydrogen-bond acceptors (Lipinski definition) is 19. The van der Waals surface area contributed by atoms with Gasteiger partial charge in [-0.1, -0.05) is 91.0 Å². The van der Waals surface area contributed by atoms with E-state index in [1.54, 1.807) is 91.0 Å². The number of benzene rings is 3. The van der Waals surface area contributed by atoms with E-state index in [1.165, 1.54) is 5.32 Å². The normalized spacial score (nSPS) is 29.1. The summed E-state index contributed by atoms with van der Waals surface area (Å²) in [6.45, 7) is -1.92. The first-order valence-corrected chi connectivity index (χ1v) is 23.8. The van der Waals surface area contributed by atoms with E-state index >= 15 is 0 Å². The largest absolute Gasteiger partial charge is 0.471 e. The minimum atomic E-state index is -5.52. The number of alkyl carbamates (subject to hydrolysis) is 3. The standard InChI is InChI=1S/C48H61F3N6O18/c49-48(50,51)44(65)57-33-35(60)31(21-58)73-43(37(33)62)75-40-34(56-41(64)30(59)18-19-53-45(66)69-22-25-10-4-1-5-11-25)36(61)32(52)39(38(40)63)74-42-29(55-47(68)71-24-27-14-8-3-9-15-27)17-16-28(72-42)20-54-46(67)70-23-26-12-6-2-7-13-26/h1-15,28-40,42-43,58-63H,16-24,52H2,(H,53,66)(H,54,67)(H,55,68)(H,56,64)(H,57,65)/t28?,29?,30-,31?,32-,33-,34+,35+,36?,37?,38?,39?,40-,42+,43+/m0/s1. The third-order valence-corrected chi connectivity index (χ3v) is 12.4. The summed E-state index contributed by atoms with van der Waals surface area (Å²) in [6, 6.07) is 19.1. The lowest BCUT2D eigenvalue weighted by Crippen LogP contribution is -2.74. The molecule has 15 atom stereocenters. The van der Waals surface area contributed by atoms with Crippen LogP contribution in [0.5, 0.6) is 0 Å². The van der Waals surface area contributed by atoms with E-state index in [2.05, 4.69) is 21.3 Å². The van der Waals surface area contributed by atoms with E-state index in [1.807, 2.05) is 0 Å². The number of nitrogens with two attached hydrogens (primary N) is 1. The average molecular weight is 1070 g/mol. The molecule has 75 heavy (non-hydrogen) atoms. The highest BCUT2D eigenvalue weighted by molar-refractivity contribution is 5.82. The van der Waals surface area contributed by atoms with Gasteiger partial charge in [-0.15, -0.1) is 0 Å². The van der Waals surface area contributed by atoms with Gasteiger partial charge in [-0.3, -0.25) is 9.59 Å². The van der Waals surface area contributed by atoms with Gasteiger partial charge in [0.15, 0.2) is 12.6 Å². The molecule has 27 heteroatoms. The van der Waals surface area contributed by atoms with Crippen molar-refractivity contribution in [1.82, 2.24) is 26.6 Å². The van der Waals surface area contributed by atoms with Gasteiger partial charge in [0.05, 0.1) is 43.0 Å². The van der Waals surface area contributed by atoms with Crippen LogP contribution in [0.15, 0.2) is 91.0 Å². The highest BCUT2D eigenvalue weighted by Gasteiger charge is 2.56. The summed E-state index contributed by atoms with van der Waals surface area (Å²) in [5.74, 6) is -3.85. The van der Waals surface area contributed by atoms with Gasteiger partial charge < -0.3 is 96.1 Å².